The summed E-state index contributed by atoms with van der Waals surface area (Å²) in [6, 6.07) is 17.2. The normalized spacial score (nSPS) is 10.3. The van der Waals surface area contributed by atoms with Gasteiger partial charge in [0.2, 0.25) is 5.89 Å². The van der Waals surface area contributed by atoms with Crippen LogP contribution >= 0.6 is 12.2 Å². The summed E-state index contributed by atoms with van der Waals surface area (Å²) in [4.78, 5) is 0.259. The molecule has 0 fully saturated rings. The molecule has 0 N–H and O–H groups in total. The Kier molecular flexibility index (Phi) is 5.66. The van der Waals surface area contributed by atoms with Gasteiger partial charge in [0, 0.05) is 5.56 Å². The van der Waals surface area contributed by atoms with Crippen LogP contribution in [0.25, 0.3) is 11.5 Å². The summed E-state index contributed by atoms with van der Waals surface area (Å²) in [6.45, 7) is 0.884. The third-order valence-electron chi connectivity index (χ3n) is 3.71. The van der Waals surface area contributed by atoms with Crippen molar-refractivity contribution >= 4 is 12.2 Å². The van der Waals surface area contributed by atoms with Crippen LogP contribution in [-0.4, -0.2) is 16.9 Å². The van der Waals surface area contributed by atoms with Gasteiger partial charge in [-0.05, 0) is 54.2 Å². The van der Waals surface area contributed by atoms with Crippen LogP contribution in [0.4, 0.5) is 0 Å². The maximum atomic E-state index is 8.66. The van der Waals surface area contributed by atoms with Crippen LogP contribution in [0.1, 0.15) is 12.0 Å². The third kappa shape index (κ3) is 4.29. The van der Waals surface area contributed by atoms with E-state index in [-0.39, 0.29) is 4.84 Å². The summed E-state index contributed by atoms with van der Waals surface area (Å²) >= 11 is 5.12. The third-order valence-corrected chi connectivity index (χ3v) is 4.00. The van der Waals surface area contributed by atoms with Gasteiger partial charge in [-0.3, -0.25) is 0 Å². The second kappa shape index (κ2) is 8.32. The quantitative estimate of drug-likeness (QED) is 0.577. The van der Waals surface area contributed by atoms with Gasteiger partial charge in [-0.2, -0.15) is 5.26 Å². The summed E-state index contributed by atoms with van der Waals surface area (Å²) in [6.07, 6.45) is 0.332. The Hall–Kier alpha value is -3.11. The van der Waals surface area contributed by atoms with E-state index in [1.807, 2.05) is 48.5 Å². The van der Waals surface area contributed by atoms with Gasteiger partial charge in [-0.1, -0.05) is 12.1 Å². The van der Waals surface area contributed by atoms with Crippen molar-refractivity contribution in [1.29, 1.82) is 5.26 Å². The first-order valence-electron chi connectivity index (χ1n) is 8.00. The molecule has 6 nitrogen and oxygen atoms in total. The SMILES string of the molecule is COc1ccc(COc2ccc(-c3nn(CCC#N)c(=S)o3)cc2)cc1. The van der Waals surface area contributed by atoms with Crippen LogP contribution in [-0.2, 0) is 13.2 Å². The highest BCUT2D eigenvalue weighted by atomic mass is 32.1. The van der Waals surface area contributed by atoms with Crippen molar-refractivity contribution < 1.29 is 13.9 Å². The van der Waals surface area contributed by atoms with Crippen molar-refractivity contribution in [3.05, 3.63) is 58.9 Å². The molecule has 3 aromatic rings. The average molecular weight is 367 g/mol. The standard InChI is InChI=1S/C19H17N3O3S/c1-23-16-7-3-14(4-8-16)13-24-17-9-5-15(6-10-17)18-21-22(12-2-11-20)19(26)25-18/h3-10H,2,12-13H2,1H3. The number of benzene rings is 2. The molecule has 1 heterocycles. The molecule has 0 unspecified atom stereocenters. The summed E-state index contributed by atoms with van der Waals surface area (Å²) in [7, 11) is 1.64. The van der Waals surface area contributed by atoms with E-state index in [0.717, 1.165) is 22.6 Å². The fourth-order valence-electron chi connectivity index (χ4n) is 2.30. The van der Waals surface area contributed by atoms with Gasteiger partial charge in [0.25, 0.3) is 4.84 Å². The van der Waals surface area contributed by atoms with Crippen LogP contribution in [0.3, 0.4) is 0 Å². The van der Waals surface area contributed by atoms with Crippen LogP contribution in [0.5, 0.6) is 11.5 Å². The minimum absolute atomic E-state index is 0.259. The first-order valence-corrected chi connectivity index (χ1v) is 8.41. The summed E-state index contributed by atoms with van der Waals surface area (Å²) in [5, 5.41) is 13.0. The zero-order chi connectivity index (χ0) is 18.4. The second-order valence-electron chi connectivity index (χ2n) is 5.47. The molecule has 0 radical (unpaired) electrons. The van der Waals surface area contributed by atoms with Crippen molar-refractivity contribution in [3.63, 3.8) is 0 Å². The summed E-state index contributed by atoms with van der Waals surface area (Å²) in [5.74, 6) is 1.99. The van der Waals surface area contributed by atoms with E-state index in [4.69, 9.17) is 31.4 Å². The second-order valence-corrected chi connectivity index (χ2v) is 5.81. The molecule has 0 aliphatic heterocycles. The highest BCUT2D eigenvalue weighted by Gasteiger charge is 2.08. The molecular weight excluding hydrogens is 350 g/mol. The molecule has 0 atom stereocenters. The zero-order valence-electron chi connectivity index (χ0n) is 14.2. The summed E-state index contributed by atoms with van der Waals surface area (Å²) in [5.41, 5.74) is 1.85. The minimum Gasteiger partial charge on any atom is -0.497 e. The lowest BCUT2D eigenvalue weighted by molar-refractivity contribution is 0.306. The van der Waals surface area contributed by atoms with E-state index in [1.165, 1.54) is 4.68 Å². The molecule has 2 aromatic carbocycles. The first-order chi connectivity index (χ1) is 12.7. The highest BCUT2D eigenvalue weighted by Crippen LogP contribution is 2.22. The number of ether oxygens (including phenoxy) is 2. The van der Waals surface area contributed by atoms with Gasteiger partial charge in [0.1, 0.15) is 18.1 Å². The maximum Gasteiger partial charge on any atom is 0.287 e. The molecule has 0 bridgehead atoms. The number of rotatable bonds is 7. The lowest BCUT2D eigenvalue weighted by Gasteiger charge is -2.07. The van der Waals surface area contributed by atoms with E-state index in [1.54, 1.807) is 7.11 Å². The predicted molar refractivity (Wildman–Crippen MR) is 98.3 cm³/mol. The predicted octanol–water partition coefficient (Wildman–Crippen LogP) is 4.37. The Morgan fingerprint density at radius 1 is 1.12 bits per heavy atom. The summed E-state index contributed by atoms with van der Waals surface area (Å²) < 4.78 is 17.9. The molecule has 132 valence electrons. The maximum absolute atomic E-state index is 8.66. The molecule has 0 saturated carbocycles. The van der Waals surface area contributed by atoms with Gasteiger partial charge < -0.3 is 13.9 Å². The van der Waals surface area contributed by atoms with Crippen molar-refractivity contribution in [2.45, 2.75) is 19.6 Å². The van der Waals surface area contributed by atoms with E-state index < -0.39 is 0 Å². The van der Waals surface area contributed by atoms with Crippen LogP contribution in [0.2, 0.25) is 0 Å². The van der Waals surface area contributed by atoms with E-state index in [9.17, 15) is 0 Å². The fraction of sp³-hybridized carbons (Fsp3) is 0.211. The van der Waals surface area contributed by atoms with Gasteiger partial charge in [-0.25, -0.2) is 4.68 Å². The minimum atomic E-state index is 0.259. The molecule has 0 saturated heterocycles. The Morgan fingerprint density at radius 3 is 2.46 bits per heavy atom. The lowest BCUT2D eigenvalue weighted by Crippen LogP contribution is -1.99. The highest BCUT2D eigenvalue weighted by molar-refractivity contribution is 7.71. The van der Waals surface area contributed by atoms with E-state index in [2.05, 4.69) is 11.2 Å². The Labute approximate surface area is 156 Å². The molecule has 7 heteroatoms. The zero-order valence-corrected chi connectivity index (χ0v) is 15.0. The smallest absolute Gasteiger partial charge is 0.287 e. The van der Waals surface area contributed by atoms with Gasteiger partial charge in [0.05, 0.1) is 26.1 Å². The number of nitrogens with zero attached hydrogens (tertiary/aromatic N) is 3. The number of methoxy groups -OCH3 is 1. The molecular formula is C19H17N3O3S. The van der Waals surface area contributed by atoms with E-state index >= 15 is 0 Å². The van der Waals surface area contributed by atoms with Crippen LogP contribution < -0.4 is 9.47 Å². The largest absolute Gasteiger partial charge is 0.497 e. The number of aryl methyl sites for hydroxylation is 1. The molecule has 3 rings (SSSR count). The molecule has 0 amide bonds. The monoisotopic (exact) mass is 367 g/mol. The lowest BCUT2D eigenvalue weighted by atomic mass is 10.2. The molecule has 0 aliphatic rings. The number of aromatic nitrogens is 2. The van der Waals surface area contributed by atoms with Gasteiger partial charge in [0.15, 0.2) is 0 Å². The van der Waals surface area contributed by atoms with Crippen LogP contribution in [0, 0.1) is 16.2 Å². The Balaban J connectivity index is 1.64. The molecule has 1 aromatic heterocycles. The van der Waals surface area contributed by atoms with Crippen molar-refractivity contribution in [2.24, 2.45) is 0 Å². The fourth-order valence-corrected chi connectivity index (χ4v) is 2.51. The van der Waals surface area contributed by atoms with Crippen molar-refractivity contribution in [1.82, 2.24) is 9.78 Å². The molecule has 26 heavy (non-hydrogen) atoms. The first kappa shape index (κ1) is 17.7. The molecule has 0 aliphatic carbocycles. The van der Waals surface area contributed by atoms with Gasteiger partial charge in [-0.15, -0.1) is 5.10 Å². The van der Waals surface area contributed by atoms with Gasteiger partial charge >= 0.3 is 0 Å². The van der Waals surface area contributed by atoms with Crippen molar-refractivity contribution in [3.8, 4) is 29.0 Å². The van der Waals surface area contributed by atoms with Crippen molar-refractivity contribution in [2.75, 3.05) is 7.11 Å². The number of hydrogen-bond acceptors (Lipinski definition) is 6. The number of hydrogen-bond donors (Lipinski definition) is 0. The molecule has 0 spiro atoms. The topological polar surface area (TPSA) is 73.2 Å². The Morgan fingerprint density at radius 2 is 1.81 bits per heavy atom. The number of nitriles is 1. The van der Waals surface area contributed by atoms with E-state index in [0.29, 0.717) is 25.5 Å². The van der Waals surface area contributed by atoms with Crippen LogP contribution in [0.15, 0.2) is 52.9 Å². The Bertz CT molecular complexity index is 953. The average Bonchev–Trinajstić information content (AvgIpc) is 3.06.